The second kappa shape index (κ2) is 15.6. The van der Waals surface area contributed by atoms with E-state index in [0.29, 0.717) is 62.3 Å². The van der Waals surface area contributed by atoms with E-state index < -0.39 is 11.9 Å². The topological polar surface area (TPSA) is 122 Å². The zero-order chi connectivity index (χ0) is 30.6. The molecule has 1 atom stereocenters. The summed E-state index contributed by atoms with van der Waals surface area (Å²) in [5.41, 5.74) is 1.77. The first kappa shape index (κ1) is 31.4. The maximum absolute atomic E-state index is 15.0. The molecule has 3 aromatic rings. The summed E-state index contributed by atoms with van der Waals surface area (Å²) < 4.78 is 26.2. The minimum Gasteiger partial charge on any atom is -0.493 e. The molecular formula is C32H38FN5O5. The number of ether oxygens (including phenoxy) is 2. The second-order valence-electron chi connectivity index (χ2n) is 10.3. The summed E-state index contributed by atoms with van der Waals surface area (Å²) in [5.74, 6) is -1.02. The van der Waals surface area contributed by atoms with Crippen LogP contribution >= 0.6 is 0 Å². The molecule has 3 heterocycles. The fraction of sp³-hybridized carbons (Fsp3) is 0.375. The number of carbonyl (C=O) groups excluding carboxylic acids is 3. The number of nitrogens with zero attached hydrogens (tertiary/aromatic N) is 2. The molecule has 0 fully saturated rings. The molecule has 10 nitrogen and oxygen atoms in total. The van der Waals surface area contributed by atoms with Crippen molar-refractivity contribution in [1.82, 2.24) is 25.8 Å². The maximum Gasteiger partial charge on any atom is 0.251 e. The maximum atomic E-state index is 15.0. The van der Waals surface area contributed by atoms with Gasteiger partial charge in [0, 0.05) is 44.4 Å². The number of benzene rings is 2. The van der Waals surface area contributed by atoms with Crippen LogP contribution in [-0.2, 0) is 22.7 Å². The molecule has 4 bridgehead atoms. The smallest absolute Gasteiger partial charge is 0.251 e. The first-order chi connectivity index (χ1) is 20.9. The molecule has 43 heavy (non-hydrogen) atoms. The van der Waals surface area contributed by atoms with E-state index in [4.69, 9.17) is 9.47 Å². The number of fused-ring (bicyclic) bond motifs is 16. The number of methoxy groups -OCH3 is 1. The van der Waals surface area contributed by atoms with E-state index in [-0.39, 0.29) is 42.2 Å². The van der Waals surface area contributed by atoms with Gasteiger partial charge in [0.2, 0.25) is 11.8 Å². The van der Waals surface area contributed by atoms with Gasteiger partial charge in [-0.2, -0.15) is 0 Å². The monoisotopic (exact) mass is 591 g/mol. The van der Waals surface area contributed by atoms with Crippen LogP contribution < -0.4 is 25.4 Å². The molecule has 0 unspecified atom stereocenters. The van der Waals surface area contributed by atoms with Gasteiger partial charge in [0.05, 0.1) is 12.8 Å². The van der Waals surface area contributed by atoms with Crippen LogP contribution in [0.15, 0.2) is 60.8 Å². The van der Waals surface area contributed by atoms with Gasteiger partial charge in [-0.3, -0.25) is 24.3 Å². The molecule has 0 radical (unpaired) electrons. The van der Waals surface area contributed by atoms with Crippen molar-refractivity contribution < 1.29 is 28.2 Å². The molecule has 0 spiro atoms. The van der Waals surface area contributed by atoms with Gasteiger partial charge >= 0.3 is 0 Å². The lowest BCUT2D eigenvalue weighted by molar-refractivity contribution is -0.129. The lowest BCUT2D eigenvalue weighted by atomic mass is 10.1. The Hall–Kier alpha value is -4.51. The third-order valence-corrected chi connectivity index (χ3v) is 7.10. The summed E-state index contributed by atoms with van der Waals surface area (Å²) in [7, 11) is 1.46. The van der Waals surface area contributed by atoms with E-state index in [1.807, 2.05) is 25.1 Å². The fourth-order valence-corrected chi connectivity index (χ4v) is 4.75. The van der Waals surface area contributed by atoms with E-state index in [2.05, 4.69) is 25.8 Å². The van der Waals surface area contributed by atoms with Crippen LogP contribution in [0.5, 0.6) is 17.2 Å². The average molecular weight is 592 g/mol. The van der Waals surface area contributed by atoms with Crippen LogP contribution in [0, 0.1) is 5.82 Å². The van der Waals surface area contributed by atoms with Gasteiger partial charge in [0.25, 0.3) is 5.91 Å². The second-order valence-corrected chi connectivity index (χ2v) is 10.3. The standard InChI is InChI=1S/C32H38FN5O5/c1-3-26-32(41)36-20-22-10-12-27(25(33)18-22)43-29-19-23(11-13-28(29)42-2)31(40)35-15-7-17-38(16-6-9-30(39)37-26)21-24-8-4-5-14-34-24/h4-5,8,10-14,18-19,26H,3,6-7,9,15-17,20-21H2,1-2H3,(H,35,40)(H,36,41)(H,37,39)/t26-/m0/s1. The summed E-state index contributed by atoms with van der Waals surface area (Å²) in [6.07, 6.45) is 3.67. The van der Waals surface area contributed by atoms with Crippen molar-refractivity contribution in [3.8, 4) is 17.2 Å². The number of carbonyl (C=O) groups is 3. The zero-order valence-corrected chi connectivity index (χ0v) is 24.5. The molecule has 2 aliphatic rings. The molecule has 0 saturated carbocycles. The number of aromatic nitrogens is 1. The molecule has 228 valence electrons. The van der Waals surface area contributed by atoms with Gasteiger partial charge in [-0.1, -0.05) is 19.1 Å². The van der Waals surface area contributed by atoms with Gasteiger partial charge in [-0.25, -0.2) is 4.39 Å². The number of nitrogens with one attached hydrogen (secondary N) is 3. The predicted octanol–water partition coefficient (Wildman–Crippen LogP) is 3.95. The van der Waals surface area contributed by atoms with Gasteiger partial charge in [-0.05, 0) is 73.8 Å². The molecule has 1 aromatic heterocycles. The predicted molar refractivity (Wildman–Crippen MR) is 159 cm³/mol. The van der Waals surface area contributed by atoms with Gasteiger partial charge in [-0.15, -0.1) is 0 Å². The van der Waals surface area contributed by atoms with Crippen molar-refractivity contribution in [2.45, 2.75) is 51.7 Å². The van der Waals surface area contributed by atoms with Gasteiger partial charge in [0.15, 0.2) is 23.1 Å². The zero-order valence-electron chi connectivity index (χ0n) is 24.5. The number of hydrogen-bond donors (Lipinski definition) is 3. The molecule has 0 aliphatic carbocycles. The first-order valence-corrected chi connectivity index (χ1v) is 14.5. The summed E-state index contributed by atoms with van der Waals surface area (Å²) in [4.78, 5) is 45.1. The summed E-state index contributed by atoms with van der Waals surface area (Å²) in [6.45, 7) is 4.23. The molecule has 2 aromatic carbocycles. The normalized spacial score (nSPS) is 17.7. The SMILES string of the molecule is CC[C@@H]1NC(=O)CCCN(Cc2ccccn2)CCCNC(=O)c2ccc(OC)c(c2)Oc2ccc(cc2F)CNC1=O. The Morgan fingerprint density at radius 2 is 1.86 bits per heavy atom. The highest BCUT2D eigenvalue weighted by atomic mass is 19.1. The molecule has 3 N–H and O–H groups in total. The Kier molecular flexibility index (Phi) is 11.4. The number of pyridine rings is 1. The highest BCUT2D eigenvalue weighted by molar-refractivity contribution is 5.95. The Bertz CT molecular complexity index is 1400. The summed E-state index contributed by atoms with van der Waals surface area (Å²) in [6, 6.07) is 14.1. The lowest BCUT2D eigenvalue weighted by Gasteiger charge is -2.22. The van der Waals surface area contributed by atoms with Crippen LogP contribution in [0.4, 0.5) is 4.39 Å². The van der Waals surface area contributed by atoms with Crippen molar-refractivity contribution in [1.29, 1.82) is 0 Å². The van der Waals surface area contributed by atoms with Crippen LogP contribution in [0.25, 0.3) is 0 Å². The van der Waals surface area contributed by atoms with Crippen LogP contribution in [0.2, 0.25) is 0 Å². The third-order valence-electron chi connectivity index (χ3n) is 7.10. The molecule has 3 amide bonds. The van der Waals surface area contributed by atoms with Crippen molar-refractivity contribution in [3.63, 3.8) is 0 Å². The van der Waals surface area contributed by atoms with E-state index in [1.54, 1.807) is 24.4 Å². The van der Waals surface area contributed by atoms with Crippen LogP contribution in [0.3, 0.4) is 0 Å². The molecule has 2 aliphatic heterocycles. The summed E-state index contributed by atoms with van der Waals surface area (Å²) >= 11 is 0. The van der Waals surface area contributed by atoms with Gasteiger partial charge in [0.1, 0.15) is 6.04 Å². The van der Waals surface area contributed by atoms with E-state index in [9.17, 15) is 18.8 Å². The van der Waals surface area contributed by atoms with Gasteiger partial charge < -0.3 is 25.4 Å². The number of halogens is 1. The molecule has 11 heteroatoms. The fourth-order valence-electron chi connectivity index (χ4n) is 4.75. The Balaban J connectivity index is 1.54. The van der Waals surface area contributed by atoms with Crippen LogP contribution in [0.1, 0.15) is 54.2 Å². The van der Waals surface area contributed by atoms with E-state index >= 15 is 0 Å². The molecule has 0 saturated heterocycles. The summed E-state index contributed by atoms with van der Waals surface area (Å²) in [5, 5.41) is 8.52. The quantitative estimate of drug-likeness (QED) is 0.420. The molecular weight excluding hydrogens is 553 g/mol. The third kappa shape index (κ3) is 9.24. The number of amides is 3. The Morgan fingerprint density at radius 3 is 2.60 bits per heavy atom. The highest BCUT2D eigenvalue weighted by Crippen LogP contribution is 2.34. The van der Waals surface area contributed by atoms with Crippen LogP contribution in [-0.4, -0.2) is 60.4 Å². The van der Waals surface area contributed by atoms with Crippen molar-refractivity contribution in [2.24, 2.45) is 0 Å². The average Bonchev–Trinajstić information content (AvgIpc) is 3.01. The number of hydrogen-bond acceptors (Lipinski definition) is 7. The minimum atomic E-state index is -0.700. The van der Waals surface area contributed by atoms with Crippen molar-refractivity contribution >= 4 is 17.7 Å². The number of rotatable bonds is 4. The van der Waals surface area contributed by atoms with Crippen molar-refractivity contribution in [2.75, 3.05) is 26.7 Å². The van der Waals surface area contributed by atoms with Crippen molar-refractivity contribution in [3.05, 3.63) is 83.4 Å². The molecule has 5 rings (SSSR count). The first-order valence-electron chi connectivity index (χ1n) is 14.5. The minimum absolute atomic E-state index is 0.0592. The highest BCUT2D eigenvalue weighted by Gasteiger charge is 2.20. The lowest BCUT2D eigenvalue weighted by Crippen LogP contribution is -2.46. The Labute approximate surface area is 251 Å². The Morgan fingerprint density at radius 1 is 1.02 bits per heavy atom. The van der Waals surface area contributed by atoms with E-state index in [1.165, 1.54) is 25.3 Å². The van der Waals surface area contributed by atoms with E-state index in [0.717, 1.165) is 5.69 Å². The largest absolute Gasteiger partial charge is 0.493 e.